The Bertz CT molecular complexity index is 951. The first-order chi connectivity index (χ1) is 13.4. The molecule has 9 nitrogen and oxygen atoms in total. The molecule has 0 saturated carbocycles. The van der Waals surface area contributed by atoms with Gasteiger partial charge in [-0.3, -0.25) is 19.7 Å². The van der Waals surface area contributed by atoms with Crippen molar-refractivity contribution in [3.8, 4) is 5.69 Å². The number of aromatic nitrogens is 3. The van der Waals surface area contributed by atoms with Crippen molar-refractivity contribution < 1.29 is 14.4 Å². The molecule has 9 heteroatoms. The number of fused-ring (bicyclic) bond motifs is 1. The molecule has 1 unspecified atom stereocenters. The number of hydrogen-bond acceptors (Lipinski definition) is 6. The summed E-state index contributed by atoms with van der Waals surface area (Å²) in [7, 11) is 4.01. The molecule has 1 aromatic carbocycles. The minimum absolute atomic E-state index is 0.195. The van der Waals surface area contributed by atoms with Gasteiger partial charge in [-0.1, -0.05) is 11.3 Å². The van der Waals surface area contributed by atoms with Gasteiger partial charge in [0.15, 0.2) is 0 Å². The van der Waals surface area contributed by atoms with E-state index < -0.39 is 11.9 Å². The maximum Gasteiger partial charge on any atom is 0.255 e. The van der Waals surface area contributed by atoms with E-state index in [1.807, 2.05) is 32.4 Å². The van der Waals surface area contributed by atoms with Crippen LogP contribution in [0.4, 0.5) is 0 Å². The molecule has 0 radical (unpaired) electrons. The van der Waals surface area contributed by atoms with Crippen LogP contribution < -0.4 is 5.32 Å². The summed E-state index contributed by atoms with van der Waals surface area (Å²) in [6.45, 7) is 1.24. The zero-order chi connectivity index (χ0) is 19.8. The van der Waals surface area contributed by atoms with E-state index in [0.717, 1.165) is 29.9 Å². The fourth-order valence-corrected chi connectivity index (χ4v) is 3.56. The molecule has 0 spiro atoms. The number of rotatable bonds is 5. The Balaban J connectivity index is 1.53. The predicted molar refractivity (Wildman–Crippen MR) is 99.7 cm³/mol. The first-order valence-electron chi connectivity index (χ1n) is 9.26. The van der Waals surface area contributed by atoms with Crippen LogP contribution in [0.15, 0.2) is 24.4 Å². The second kappa shape index (κ2) is 7.16. The molecule has 1 fully saturated rings. The number of carbonyl (C=O) groups is 3. The van der Waals surface area contributed by atoms with Crippen molar-refractivity contribution in [2.24, 2.45) is 0 Å². The average molecular weight is 382 g/mol. The number of carbonyl (C=O) groups excluding carboxylic acids is 3. The number of likely N-dealkylation sites (N-methyl/N-ethyl adjacent to an activating group) is 1. The number of amides is 3. The van der Waals surface area contributed by atoms with Crippen LogP contribution in [0.5, 0.6) is 0 Å². The van der Waals surface area contributed by atoms with E-state index in [-0.39, 0.29) is 18.2 Å². The standard InChI is InChI=1S/C19H22N6O3/c1-23(2)8-7-13-11-25(22-21-13)14-4-3-12-10-24(19(28)15(12)9-14)16-5-6-17(26)20-18(16)27/h3-4,9,11,16H,5-8,10H2,1-2H3,(H,20,26,27). The molecule has 1 N–H and O–H groups in total. The van der Waals surface area contributed by atoms with Gasteiger partial charge in [-0.15, -0.1) is 5.10 Å². The van der Waals surface area contributed by atoms with Gasteiger partial charge in [0.05, 0.1) is 17.6 Å². The highest BCUT2D eigenvalue weighted by Gasteiger charge is 2.39. The van der Waals surface area contributed by atoms with Crippen molar-refractivity contribution in [1.82, 2.24) is 30.1 Å². The Morgan fingerprint density at radius 1 is 1.25 bits per heavy atom. The summed E-state index contributed by atoms with van der Waals surface area (Å²) in [5.74, 6) is -0.886. The summed E-state index contributed by atoms with van der Waals surface area (Å²) in [5, 5.41) is 10.7. The summed E-state index contributed by atoms with van der Waals surface area (Å²) in [4.78, 5) is 40.0. The molecule has 146 valence electrons. The van der Waals surface area contributed by atoms with E-state index in [1.165, 1.54) is 0 Å². The fraction of sp³-hybridized carbons (Fsp3) is 0.421. The molecule has 2 aromatic rings. The Morgan fingerprint density at radius 3 is 2.82 bits per heavy atom. The zero-order valence-corrected chi connectivity index (χ0v) is 15.9. The third-order valence-corrected chi connectivity index (χ3v) is 5.13. The Kier molecular flexibility index (Phi) is 4.68. The van der Waals surface area contributed by atoms with Crippen LogP contribution in [0.1, 0.15) is 34.5 Å². The molecule has 4 rings (SSSR count). The molecule has 2 aliphatic rings. The molecule has 3 heterocycles. The lowest BCUT2D eigenvalue weighted by Crippen LogP contribution is -2.52. The smallest absolute Gasteiger partial charge is 0.255 e. The van der Waals surface area contributed by atoms with Gasteiger partial charge in [0, 0.05) is 31.5 Å². The van der Waals surface area contributed by atoms with Crippen LogP contribution in [0.25, 0.3) is 5.69 Å². The summed E-state index contributed by atoms with van der Waals surface area (Å²) >= 11 is 0. The monoisotopic (exact) mass is 382 g/mol. The van der Waals surface area contributed by atoms with Crippen LogP contribution in [0.3, 0.4) is 0 Å². The number of piperidine rings is 1. The van der Waals surface area contributed by atoms with E-state index in [4.69, 9.17) is 0 Å². The molecule has 2 aliphatic heterocycles. The lowest BCUT2D eigenvalue weighted by atomic mass is 10.0. The molecule has 1 aromatic heterocycles. The van der Waals surface area contributed by atoms with Crippen molar-refractivity contribution in [3.05, 3.63) is 41.2 Å². The number of nitrogens with zero attached hydrogens (tertiary/aromatic N) is 5. The second-order valence-electron chi connectivity index (χ2n) is 7.45. The summed E-state index contributed by atoms with van der Waals surface area (Å²) in [6.07, 6.45) is 3.26. The number of hydrogen-bond donors (Lipinski definition) is 1. The molecule has 1 saturated heterocycles. The summed E-state index contributed by atoms with van der Waals surface area (Å²) in [5.41, 5.74) is 3.06. The van der Waals surface area contributed by atoms with Crippen LogP contribution in [-0.4, -0.2) is 69.2 Å². The van der Waals surface area contributed by atoms with Crippen molar-refractivity contribution in [3.63, 3.8) is 0 Å². The second-order valence-corrected chi connectivity index (χ2v) is 7.45. The van der Waals surface area contributed by atoms with Crippen molar-refractivity contribution in [2.75, 3.05) is 20.6 Å². The summed E-state index contributed by atoms with van der Waals surface area (Å²) in [6, 6.07) is 4.96. The number of imide groups is 1. The third kappa shape index (κ3) is 3.40. The first kappa shape index (κ1) is 18.3. The van der Waals surface area contributed by atoms with E-state index in [1.54, 1.807) is 15.6 Å². The molecule has 28 heavy (non-hydrogen) atoms. The van der Waals surface area contributed by atoms with Gasteiger partial charge in [-0.2, -0.15) is 0 Å². The van der Waals surface area contributed by atoms with Crippen LogP contribution in [0.2, 0.25) is 0 Å². The van der Waals surface area contributed by atoms with E-state index >= 15 is 0 Å². The predicted octanol–water partition coefficient (Wildman–Crippen LogP) is 0.132. The summed E-state index contributed by atoms with van der Waals surface area (Å²) < 4.78 is 1.66. The van der Waals surface area contributed by atoms with E-state index in [0.29, 0.717) is 18.5 Å². The minimum Gasteiger partial charge on any atom is -0.322 e. The Hall–Kier alpha value is -3.07. The highest BCUT2D eigenvalue weighted by molar-refractivity contribution is 6.05. The van der Waals surface area contributed by atoms with E-state index in [2.05, 4.69) is 20.5 Å². The normalized spacial score (nSPS) is 19.3. The lowest BCUT2D eigenvalue weighted by Gasteiger charge is -2.29. The van der Waals surface area contributed by atoms with E-state index in [9.17, 15) is 14.4 Å². The van der Waals surface area contributed by atoms with Gasteiger partial charge in [-0.25, -0.2) is 4.68 Å². The number of nitrogens with one attached hydrogen (secondary N) is 1. The molecule has 3 amide bonds. The molecule has 0 bridgehead atoms. The van der Waals surface area contributed by atoms with Gasteiger partial charge in [0.2, 0.25) is 11.8 Å². The zero-order valence-electron chi connectivity index (χ0n) is 15.9. The lowest BCUT2D eigenvalue weighted by molar-refractivity contribution is -0.136. The van der Waals surface area contributed by atoms with Crippen LogP contribution in [0, 0.1) is 0 Å². The van der Waals surface area contributed by atoms with Crippen molar-refractivity contribution >= 4 is 17.7 Å². The van der Waals surface area contributed by atoms with Gasteiger partial charge < -0.3 is 9.80 Å². The van der Waals surface area contributed by atoms with Crippen LogP contribution >= 0.6 is 0 Å². The highest BCUT2D eigenvalue weighted by atomic mass is 16.2. The van der Waals surface area contributed by atoms with Gasteiger partial charge >= 0.3 is 0 Å². The SMILES string of the molecule is CN(C)CCc1cn(-c2ccc3c(c2)C(=O)N(C2CCC(=O)NC2=O)C3)nn1. The molecular weight excluding hydrogens is 360 g/mol. The van der Waals surface area contributed by atoms with Crippen molar-refractivity contribution in [2.45, 2.75) is 31.8 Å². The first-order valence-corrected chi connectivity index (χ1v) is 9.26. The van der Waals surface area contributed by atoms with Gasteiger partial charge in [0.1, 0.15) is 6.04 Å². The third-order valence-electron chi connectivity index (χ3n) is 5.13. The average Bonchev–Trinajstić information content (AvgIpc) is 3.25. The largest absolute Gasteiger partial charge is 0.322 e. The Morgan fingerprint density at radius 2 is 2.07 bits per heavy atom. The maximum atomic E-state index is 12.9. The van der Waals surface area contributed by atoms with Crippen molar-refractivity contribution in [1.29, 1.82) is 0 Å². The fourth-order valence-electron chi connectivity index (χ4n) is 3.56. The highest BCUT2D eigenvalue weighted by Crippen LogP contribution is 2.29. The topological polar surface area (TPSA) is 100 Å². The maximum absolute atomic E-state index is 12.9. The quantitative estimate of drug-likeness (QED) is 0.738. The minimum atomic E-state index is -0.606. The van der Waals surface area contributed by atoms with Gasteiger partial charge in [-0.05, 0) is 38.2 Å². The molecular formula is C19H22N6O3. The number of benzene rings is 1. The molecule has 1 atom stereocenters. The Labute approximate surface area is 162 Å². The van der Waals surface area contributed by atoms with Crippen LogP contribution in [-0.2, 0) is 22.6 Å². The molecule has 0 aliphatic carbocycles. The van der Waals surface area contributed by atoms with Gasteiger partial charge in [0.25, 0.3) is 5.91 Å².